The van der Waals surface area contributed by atoms with Crippen LogP contribution < -0.4 is 0 Å². The van der Waals surface area contributed by atoms with Gasteiger partial charge >= 0.3 is 5.95 Å². The molecule has 58 heavy (non-hydrogen) atoms. The number of rotatable bonds is 10. The number of methoxy groups -OCH3 is 1. The summed E-state index contributed by atoms with van der Waals surface area (Å²) in [5.41, 5.74) is 0.721. The predicted molar refractivity (Wildman–Crippen MR) is 213 cm³/mol. The molecule has 0 aromatic heterocycles. The molecule has 9 aliphatic rings. The highest BCUT2D eigenvalue weighted by Crippen LogP contribution is 2.70. The van der Waals surface area contributed by atoms with Crippen molar-refractivity contribution in [3.05, 3.63) is 35.7 Å². The van der Waals surface area contributed by atoms with Crippen molar-refractivity contribution in [3.8, 4) is 0 Å². The van der Waals surface area contributed by atoms with Gasteiger partial charge in [0.05, 0.1) is 37.1 Å². The van der Waals surface area contributed by atoms with Gasteiger partial charge < -0.3 is 58.1 Å². The minimum absolute atomic E-state index is 0.00213. The number of aliphatic hydroxyl groups excluding tert-OH is 2. The van der Waals surface area contributed by atoms with E-state index in [1.165, 1.54) is 25.5 Å². The van der Waals surface area contributed by atoms with E-state index in [-0.39, 0.29) is 47.6 Å². The molecule has 7 fully saturated rings. The van der Waals surface area contributed by atoms with E-state index in [4.69, 9.17) is 37.9 Å². The molecule has 0 bridgehead atoms. The molecule has 326 valence electrons. The summed E-state index contributed by atoms with van der Waals surface area (Å²) < 4.78 is 49.1. The van der Waals surface area contributed by atoms with E-state index >= 15 is 0 Å². The summed E-state index contributed by atoms with van der Waals surface area (Å²) in [6.07, 6.45) is 10.2. The van der Waals surface area contributed by atoms with Crippen molar-refractivity contribution in [3.63, 3.8) is 0 Å². The maximum atomic E-state index is 12.7. The molecule has 0 aromatic rings. The van der Waals surface area contributed by atoms with E-state index in [9.17, 15) is 15.3 Å². The topological polar surface area (TPSA) is 138 Å². The largest absolute Gasteiger partial charge is 0.490 e. The summed E-state index contributed by atoms with van der Waals surface area (Å²) >= 11 is 0. The summed E-state index contributed by atoms with van der Waals surface area (Å²) in [6, 6.07) is 0. The Kier molecular flexibility index (Phi) is 11.5. The fourth-order valence-corrected chi connectivity index (χ4v) is 13.4. The molecule has 0 radical (unpaired) electrons. The predicted octanol–water partition coefficient (Wildman–Crippen LogP) is 6.28. The molecule has 12 nitrogen and oxygen atoms in total. The molecular weight excluding hydrogens is 743 g/mol. The Morgan fingerprint density at radius 3 is 2.45 bits per heavy atom. The van der Waals surface area contributed by atoms with Gasteiger partial charge in [0, 0.05) is 44.3 Å². The highest BCUT2D eigenvalue weighted by molar-refractivity contribution is 5.30. The Hall–Kier alpha value is -1.90. The minimum atomic E-state index is -1.03. The second-order valence-corrected chi connectivity index (χ2v) is 20.3. The van der Waals surface area contributed by atoms with Gasteiger partial charge in [-0.2, -0.15) is 0 Å². The van der Waals surface area contributed by atoms with Gasteiger partial charge in [0.2, 0.25) is 18.3 Å². The summed E-state index contributed by atoms with van der Waals surface area (Å²) in [5.74, 6) is 3.54. The fourth-order valence-electron chi connectivity index (χ4n) is 13.4. The van der Waals surface area contributed by atoms with Gasteiger partial charge in [-0.05, 0) is 131 Å². The van der Waals surface area contributed by atoms with Crippen molar-refractivity contribution in [1.82, 2.24) is 4.90 Å². The number of hydrogen-bond donors (Lipinski definition) is 3. The average molecular weight is 814 g/mol. The van der Waals surface area contributed by atoms with Crippen LogP contribution in [0.3, 0.4) is 0 Å². The zero-order chi connectivity index (χ0) is 40.6. The lowest BCUT2D eigenvalue weighted by Gasteiger charge is -2.64. The van der Waals surface area contributed by atoms with E-state index < -0.39 is 48.9 Å². The smallest absolute Gasteiger partial charge is 0.323 e. The van der Waals surface area contributed by atoms with Crippen molar-refractivity contribution in [2.24, 2.45) is 40.4 Å². The average Bonchev–Trinajstić information content (AvgIpc) is 3.86. The van der Waals surface area contributed by atoms with E-state index in [0.29, 0.717) is 36.7 Å². The highest BCUT2D eigenvalue weighted by atomic mass is 16.8. The molecule has 16 atom stereocenters. The van der Waals surface area contributed by atoms with Crippen molar-refractivity contribution in [2.45, 2.75) is 179 Å². The standard InChI is InChI=1S/C46H71NO11/c1-26-19-30(25-52-26)33-13-17-46(50)35-10-9-31-20-32(11-15-44(31,4)34(35)12-16-45(33,46)5)55-39-21-36(48)41(28(3)54-39)57-40-22-37(49)42(43(51-6)58-40)56-38-14-18-47(23-27(2)53-38)24-29-7-8-29/h19,27-29,31-41,48-50H,1,7-18,20-25H2,2-6H3/t27?,28-,31?,32?,33+,34?,35?,36-,37-,38?,39?,40+,41+,44?,45?,46-/m0/s1. The van der Waals surface area contributed by atoms with Crippen molar-refractivity contribution >= 4 is 0 Å². The minimum Gasteiger partial charge on any atom is -0.490 e. The van der Waals surface area contributed by atoms with Gasteiger partial charge in [0.15, 0.2) is 6.29 Å². The molecule has 5 aliphatic carbocycles. The Labute approximate surface area is 345 Å². The Morgan fingerprint density at radius 1 is 0.879 bits per heavy atom. The lowest BCUT2D eigenvalue weighted by Crippen LogP contribution is -2.62. The van der Waals surface area contributed by atoms with Crippen LogP contribution in [0.2, 0.25) is 0 Å². The molecule has 9 rings (SSSR count). The van der Waals surface area contributed by atoms with Gasteiger partial charge in [-0.25, -0.2) is 0 Å². The molecule has 3 N–H and O–H groups in total. The maximum absolute atomic E-state index is 12.7. The zero-order valence-electron chi connectivity index (χ0n) is 35.7. The van der Waals surface area contributed by atoms with Crippen molar-refractivity contribution in [2.75, 3.05) is 33.4 Å². The summed E-state index contributed by atoms with van der Waals surface area (Å²) in [5, 5.41) is 35.3. The first-order valence-corrected chi connectivity index (χ1v) is 22.8. The Balaban J connectivity index is 0.770. The van der Waals surface area contributed by atoms with Gasteiger partial charge in [0.1, 0.15) is 24.6 Å². The molecule has 2 saturated heterocycles. The number of allylic oxidation sites excluding steroid dienone is 1. The van der Waals surface area contributed by atoms with Crippen LogP contribution in [0.5, 0.6) is 0 Å². The number of nitrogens with zero attached hydrogens (tertiary/aromatic N) is 1. The monoisotopic (exact) mass is 814 g/mol. The fraction of sp³-hybridized carbons (Fsp3) is 0.870. The highest BCUT2D eigenvalue weighted by Gasteiger charge is 2.67. The van der Waals surface area contributed by atoms with Crippen LogP contribution in [0.1, 0.15) is 118 Å². The van der Waals surface area contributed by atoms with E-state index in [1.54, 1.807) is 0 Å². The van der Waals surface area contributed by atoms with Crippen LogP contribution in [-0.2, 0) is 37.9 Å². The molecule has 0 aromatic carbocycles. The van der Waals surface area contributed by atoms with Crippen molar-refractivity contribution < 1.29 is 53.2 Å². The van der Waals surface area contributed by atoms with Crippen LogP contribution in [-0.4, -0.2) is 115 Å². The van der Waals surface area contributed by atoms with E-state index in [1.807, 2.05) is 6.92 Å². The van der Waals surface area contributed by atoms with Crippen LogP contribution >= 0.6 is 0 Å². The first-order valence-electron chi connectivity index (χ1n) is 22.8. The maximum Gasteiger partial charge on any atom is 0.323 e. The number of hydrogen-bond acceptors (Lipinski definition) is 12. The molecule has 5 saturated carbocycles. The third kappa shape index (κ3) is 7.66. The Bertz CT molecular complexity index is 1570. The first kappa shape index (κ1) is 41.5. The third-order valence-electron chi connectivity index (χ3n) is 16.7. The summed E-state index contributed by atoms with van der Waals surface area (Å²) in [7, 11) is 1.48. The number of aliphatic hydroxyl groups is 3. The summed E-state index contributed by atoms with van der Waals surface area (Å²) in [6.45, 7) is 16.3. The van der Waals surface area contributed by atoms with E-state index in [2.05, 4.69) is 38.3 Å². The Morgan fingerprint density at radius 2 is 1.71 bits per heavy atom. The van der Waals surface area contributed by atoms with Gasteiger partial charge in [-0.3, -0.25) is 0 Å². The molecule has 4 aliphatic heterocycles. The first-order chi connectivity index (χ1) is 27.8. The normalized spacial score (nSPS) is 48.5. The second kappa shape index (κ2) is 16.1. The quantitative estimate of drug-likeness (QED) is 0.214. The molecule has 9 unspecified atom stereocenters. The van der Waals surface area contributed by atoms with Crippen LogP contribution in [0.4, 0.5) is 0 Å². The van der Waals surface area contributed by atoms with Crippen LogP contribution in [0.25, 0.3) is 0 Å². The van der Waals surface area contributed by atoms with E-state index in [0.717, 1.165) is 89.1 Å². The SMILES string of the molecule is C=C1C=C([C@H]2CC[C@]3(O)C4CCC5CC(OC6C[C@H](O)[C@H](O[C@H]7C[C@H](O)C(OC8CCN(CC9CC9)CC(C)O8)=C(OC)O7)[C@H](C)O6)CCC5(C)C4CCC23C)CO1. The number of fused-ring (bicyclic) bond motifs is 5. The second-order valence-electron chi connectivity index (χ2n) is 20.3. The van der Waals surface area contributed by atoms with Gasteiger partial charge in [0.25, 0.3) is 0 Å². The summed E-state index contributed by atoms with van der Waals surface area (Å²) in [4.78, 5) is 2.45. The molecule has 0 spiro atoms. The molecule has 0 amide bonds. The van der Waals surface area contributed by atoms with Gasteiger partial charge in [-0.1, -0.05) is 20.4 Å². The van der Waals surface area contributed by atoms with Crippen LogP contribution in [0, 0.1) is 40.4 Å². The molecule has 12 heteroatoms. The zero-order valence-corrected chi connectivity index (χ0v) is 35.7. The molecular formula is C46H71NO11. The van der Waals surface area contributed by atoms with Crippen molar-refractivity contribution in [1.29, 1.82) is 0 Å². The number of ether oxygens (including phenoxy) is 8. The lowest BCUT2D eigenvalue weighted by atomic mass is 9.43. The van der Waals surface area contributed by atoms with Crippen LogP contribution in [0.15, 0.2) is 35.7 Å². The molecule has 4 heterocycles. The third-order valence-corrected chi connectivity index (χ3v) is 16.7. The lowest BCUT2D eigenvalue weighted by molar-refractivity contribution is -0.304. The van der Waals surface area contributed by atoms with Gasteiger partial charge in [-0.15, -0.1) is 0 Å².